The minimum absolute atomic E-state index is 0.598. The number of hydrogen-bond donors (Lipinski definition) is 1. The summed E-state index contributed by atoms with van der Waals surface area (Å²) in [5.74, 6) is 0. The molecule has 10 heavy (non-hydrogen) atoms. The van der Waals surface area contributed by atoms with Crippen LogP contribution in [0.15, 0.2) is 24.3 Å². The van der Waals surface area contributed by atoms with Crippen molar-refractivity contribution in [2.45, 2.75) is 6.92 Å². The Balaban J connectivity index is 3.07. The minimum atomic E-state index is 0.598. The van der Waals surface area contributed by atoms with Crippen molar-refractivity contribution in [1.29, 1.82) is 5.41 Å². The molecule has 52 valence electrons. The number of rotatable bonds is 1. The predicted octanol–water partition coefficient (Wildman–Crippen LogP) is 2.76. The van der Waals surface area contributed by atoms with Gasteiger partial charge in [-0.25, -0.2) is 0 Å². The van der Waals surface area contributed by atoms with Crippen molar-refractivity contribution < 1.29 is 0 Å². The molecule has 1 rings (SSSR count). The largest absolute Gasteiger partial charge is 0.294 e. The van der Waals surface area contributed by atoms with Crippen LogP contribution in [0, 0.1) is 12.3 Å². The van der Waals surface area contributed by atoms with Gasteiger partial charge < -0.3 is 0 Å². The van der Waals surface area contributed by atoms with Crippen LogP contribution < -0.4 is 0 Å². The minimum Gasteiger partial charge on any atom is -0.294 e. The summed E-state index contributed by atoms with van der Waals surface area (Å²) >= 11 is 2.01. The Morgan fingerprint density at radius 2 is 2.20 bits per heavy atom. The molecule has 1 nitrogen and oxygen atoms in total. The van der Waals surface area contributed by atoms with E-state index in [9.17, 15) is 0 Å². The summed E-state index contributed by atoms with van der Waals surface area (Å²) in [6.45, 7) is 2.03. The van der Waals surface area contributed by atoms with Crippen LogP contribution in [-0.2, 0) is 0 Å². The zero-order valence-electron chi connectivity index (χ0n) is 5.69. The molecule has 1 N–H and O–H groups in total. The Hall–Kier alpha value is -0.380. The normalized spacial score (nSPS) is 9.40. The van der Waals surface area contributed by atoms with Crippen molar-refractivity contribution in [3.8, 4) is 0 Å². The molecule has 1 aromatic rings. The second kappa shape index (κ2) is 3.14. The van der Waals surface area contributed by atoms with Gasteiger partial charge in [-0.3, -0.25) is 5.41 Å². The number of halogens is 1. The molecule has 0 heterocycles. The van der Waals surface area contributed by atoms with Gasteiger partial charge in [-0.15, -0.1) is 0 Å². The second-order valence-electron chi connectivity index (χ2n) is 2.18. The zero-order valence-corrected chi connectivity index (χ0v) is 7.84. The molecular formula is C8H8IN. The van der Waals surface area contributed by atoms with Crippen molar-refractivity contribution >= 4 is 26.3 Å². The molecule has 0 aliphatic carbocycles. The van der Waals surface area contributed by atoms with Crippen LogP contribution in [0.2, 0.25) is 0 Å². The third kappa shape index (κ3) is 1.80. The van der Waals surface area contributed by atoms with Gasteiger partial charge in [-0.2, -0.15) is 0 Å². The fraction of sp³-hybridized carbons (Fsp3) is 0.125. The van der Waals surface area contributed by atoms with Crippen LogP contribution in [0.1, 0.15) is 11.1 Å². The molecule has 0 bridgehead atoms. The fourth-order valence-electron chi connectivity index (χ4n) is 0.782. The zero-order chi connectivity index (χ0) is 7.56. The van der Waals surface area contributed by atoms with Gasteiger partial charge in [0.25, 0.3) is 0 Å². The van der Waals surface area contributed by atoms with Crippen molar-refractivity contribution in [2.75, 3.05) is 0 Å². The Labute approximate surface area is 74.1 Å². The Morgan fingerprint density at radius 1 is 1.50 bits per heavy atom. The highest BCUT2D eigenvalue weighted by Crippen LogP contribution is 2.07. The molecule has 0 atom stereocenters. The van der Waals surface area contributed by atoms with E-state index in [1.165, 1.54) is 5.56 Å². The summed E-state index contributed by atoms with van der Waals surface area (Å²) in [6, 6.07) is 7.96. The van der Waals surface area contributed by atoms with E-state index in [0.717, 1.165) is 5.56 Å². The maximum atomic E-state index is 7.32. The quantitative estimate of drug-likeness (QED) is 0.581. The van der Waals surface area contributed by atoms with Gasteiger partial charge >= 0.3 is 0 Å². The molecule has 0 fully saturated rings. The molecule has 0 saturated carbocycles. The number of aryl methyl sites for hydroxylation is 1. The van der Waals surface area contributed by atoms with Gasteiger partial charge in [0, 0.05) is 5.56 Å². The van der Waals surface area contributed by atoms with Gasteiger partial charge in [0.2, 0.25) is 0 Å². The van der Waals surface area contributed by atoms with E-state index < -0.39 is 0 Å². The van der Waals surface area contributed by atoms with Gasteiger partial charge in [0.1, 0.15) is 0 Å². The first-order chi connectivity index (χ1) is 4.70. The standard InChI is InChI=1S/C8H8IN/c1-6-3-2-4-7(5-6)8(9)10/h2-5,10H,1H3. The maximum absolute atomic E-state index is 7.32. The third-order valence-corrected chi connectivity index (χ3v) is 1.89. The summed E-state index contributed by atoms with van der Waals surface area (Å²) in [6.07, 6.45) is 0. The predicted molar refractivity (Wildman–Crippen MR) is 52.0 cm³/mol. The van der Waals surface area contributed by atoms with Gasteiger partial charge in [-0.05, 0) is 35.6 Å². The van der Waals surface area contributed by atoms with Gasteiger partial charge in [-0.1, -0.05) is 23.8 Å². The van der Waals surface area contributed by atoms with Gasteiger partial charge in [0.15, 0.2) is 0 Å². The smallest absolute Gasteiger partial charge is 0.0992 e. The molecule has 0 unspecified atom stereocenters. The molecule has 1 aromatic carbocycles. The van der Waals surface area contributed by atoms with Crippen molar-refractivity contribution in [3.63, 3.8) is 0 Å². The first-order valence-corrected chi connectivity index (χ1v) is 4.09. The average Bonchev–Trinajstić information content (AvgIpc) is 1.88. The van der Waals surface area contributed by atoms with Crippen molar-refractivity contribution in [3.05, 3.63) is 35.4 Å². The summed E-state index contributed by atoms with van der Waals surface area (Å²) in [7, 11) is 0. The molecule has 0 aliphatic heterocycles. The first kappa shape index (κ1) is 7.72. The molecule has 0 radical (unpaired) electrons. The summed E-state index contributed by atoms with van der Waals surface area (Å²) < 4.78 is 0.598. The lowest BCUT2D eigenvalue weighted by Gasteiger charge is -1.96. The van der Waals surface area contributed by atoms with Crippen LogP contribution in [0.25, 0.3) is 0 Å². The van der Waals surface area contributed by atoms with Crippen LogP contribution in [-0.4, -0.2) is 3.72 Å². The number of benzene rings is 1. The van der Waals surface area contributed by atoms with E-state index in [1.54, 1.807) is 0 Å². The van der Waals surface area contributed by atoms with E-state index in [4.69, 9.17) is 5.41 Å². The van der Waals surface area contributed by atoms with Crippen LogP contribution >= 0.6 is 22.6 Å². The van der Waals surface area contributed by atoms with Crippen molar-refractivity contribution in [2.24, 2.45) is 0 Å². The Bertz CT molecular complexity index is 255. The molecule has 0 spiro atoms. The number of hydrogen-bond acceptors (Lipinski definition) is 1. The van der Waals surface area contributed by atoms with Crippen LogP contribution in [0.3, 0.4) is 0 Å². The highest BCUT2D eigenvalue weighted by molar-refractivity contribution is 14.1. The lowest BCUT2D eigenvalue weighted by molar-refractivity contribution is 1.45. The summed E-state index contributed by atoms with van der Waals surface area (Å²) in [4.78, 5) is 0. The molecular weight excluding hydrogens is 237 g/mol. The average molecular weight is 245 g/mol. The molecule has 0 saturated heterocycles. The molecule has 2 heteroatoms. The highest BCUT2D eigenvalue weighted by atomic mass is 127. The fourth-order valence-corrected chi connectivity index (χ4v) is 1.12. The van der Waals surface area contributed by atoms with E-state index in [-0.39, 0.29) is 0 Å². The monoisotopic (exact) mass is 245 g/mol. The molecule has 0 aromatic heterocycles. The topological polar surface area (TPSA) is 23.9 Å². The summed E-state index contributed by atoms with van der Waals surface area (Å²) in [5, 5.41) is 7.32. The van der Waals surface area contributed by atoms with E-state index in [2.05, 4.69) is 0 Å². The second-order valence-corrected chi connectivity index (χ2v) is 3.26. The van der Waals surface area contributed by atoms with Crippen LogP contribution in [0.4, 0.5) is 0 Å². The maximum Gasteiger partial charge on any atom is 0.0992 e. The van der Waals surface area contributed by atoms with Gasteiger partial charge in [0.05, 0.1) is 3.72 Å². The SMILES string of the molecule is Cc1cccc(C(=N)I)c1. The van der Waals surface area contributed by atoms with Crippen molar-refractivity contribution in [1.82, 2.24) is 0 Å². The summed E-state index contributed by atoms with van der Waals surface area (Å²) in [5.41, 5.74) is 2.21. The highest BCUT2D eigenvalue weighted by Gasteiger charge is 1.93. The lowest BCUT2D eigenvalue weighted by atomic mass is 10.2. The molecule has 0 amide bonds. The Kier molecular flexibility index (Phi) is 2.43. The lowest BCUT2D eigenvalue weighted by Crippen LogP contribution is -1.86. The van der Waals surface area contributed by atoms with E-state index in [0.29, 0.717) is 3.72 Å². The molecule has 0 aliphatic rings. The van der Waals surface area contributed by atoms with E-state index in [1.807, 2.05) is 53.8 Å². The first-order valence-electron chi connectivity index (χ1n) is 3.01. The van der Waals surface area contributed by atoms with E-state index >= 15 is 0 Å². The Morgan fingerprint density at radius 3 is 2.60 bits per heavy atom. The third-order valence-electron chi connectivity index (χ3n) is 1.27. The number of nitrogens with one attached hydrogen (secondary N) is 1. The van der Waals surface area contributed by atoms with Crippen LogP contribution in [0.5, 0.6) is 0 Å².